The average molecular weight is 312 g/mol. The number of benzene rings is 1. The lowest BCUT2D eigenvalue weighted by Gasteiger charge is -2.32. The molecule has 0 spiro atoms. The van der Waals surface area contributed by atoms with Crippen molar-refractivity contribution in [2.24, 2.45) is 0 Å². The zero-order valence-corrected chi connectivity index (χ0v) is 13.4. The van der Waals surface area contributed by atoms with E-state index in [9.17, 15) is 4.39 Å². The van der Waals surface area contributed by atoms with Crippen molar-refractivity contribution < 1.29 is 4.39 Å². The first-order valence-corrected chi connectivity index (χ1v) is 8.26. The summed E-state index contributed by atoms with van der Waals surface area (Å²) in [7, 11) is 2.14. The Kier molecular flexibility index (Phi) is 3.73. The Morgan fingerprint density at radius 2 is 1.96 bits per heavy atom. The predicted octanol–water partition coefficient (Wildman–Crippen LogP) is 2.95. The molecule has 2 aromatic rings. The molecule has 2 aliphatic rings. The van der Waals surface area contributed by atoms with Gasteiger partial charge in [0.1, 0.15) is 18.0 Å². The predicted molar refractivity (Wildman–Crippen MR) is 87.8 cm³/mol. The summed E-state index contributed by atoms with van der Waals surface area (Å²) in [6.45, 7) is 2.94. The number of hydrogen-bond acceptors (Lipinski definition) is 4. The van der Waals surface area contributed by atoms with Crippen LogP contribution < -0.4 is 4.90 Å². The van der Waals surface area contributed by atoms with Gasteiger partial charge in [0.15, 0.2) is 0 Å². The number of aromatic nitrogens is 2. The molecule has 2 aliphatic heterocycles. The lowest BCUT2D eigenvalue weighted by Crippen LogP contribution is -2.32. The van der Waals surface area contributed by atoms with Gasteiger partial charge in [-0.25, -0.2) is 14.4 Å². The van der Waals surface area contributed by atoms with Crippen LogP contribution in [0, 0.1) is 5.82 Å². The van der Waals surface area contributed by atoms with Crippen LogP contribution in [-0.4, -0.2) is 35.0 Å². The lowest BCUT2D eigenvalue weighted by molar-refractivity contribution is 0.309. The van der Waals surface area contributed by atoms with Gasteiger partial charge in [0.05, 0.1) is 11.7 Å². The van der Waals surface area contributed by atoms with Crippen LogP contribution in [0.4, 0.5) is 10.2 Å². The molecule has 0 N–H and O–H groups in total. The number of nitrogens with zero attached hydrogens (tertiary/aromatic N) is 4. The van der Waals surface area contributed by atoms with Gasteiger partial charge in [-0.15, -0.1) is 0 Å². The van der Waals surface area contributed by atoms with Crippen LogP contribution in [0.2, 0.25) is 0 Å². The third-order valence-corrected chi connectivity index (χ3v) is 4.95. The van der Waals surface area contributed by atoms with E-state index >= 15 is 0 Å². The number of fused-ring (bicyclic) bond motifs is 1. The summed E-state index contributed by atoms with van der Waals surface area (Å²) in [4.78, 5) is 13.8. The summed E-state index contributed by atoms with van der Waals surface area (Å²) >= 11 is 0. The van der Waals surface area contributed by atoms with Crippen LogP contribution in [0.15, 0.2) is 30.6 Å². The smallest absolute Gasteiger partial charge is 0.137 e. The Hall–Kier alpha value is -2.01. The maximum atomic E-state index is 13.2. The second kappa shape index (κ2) is 5.89. The van der Waals surface area contributed by atoms with Crippen LogP contribution >= 0.6 is 0 Å². The highest BCUT2D eigenvalue weighted by molar-refractivity contribution is 5.52. The molecule has 0 radical (unpaired) electrons. The van der Waals surface area contributed by atoms with Crippen molar-refractivity contribution in [3.05, 3.63) is 53.2 Å². The minimum atomic E-state index is -0.181. The van der Waals surface area contributed by atoms with Gasteiger partial charge in [-0.1, -0.05) is 12.1 Å². The Labute approximate surface area is 136 Å². The Morgan fingerprint density at radius 3 is 2.78 bits per heavy atom. The van der Waals surface area contributed by atoms with Crippen LogP contribution in [-0.2, 0) is 13.0 Å². The van der Waals surface area contributed by atoms with Gasteiger partial charge in [0, 0.05) is 31.6 Å². The van der Waals surface area contributed by atoms with E-state index in [0.29, 0.717) is 0 Å². The molecule has 1 aromatic heterocycles. The molecule has 0 unspecified atom stereocenters. The lowest BCUT2D eigenvalue weighted by atomic mass is 10.0. The highest BCUT2D eigenvalue weighted by Gasteiger charge is 2.30. The molecule has 1 aromatic carbocycles. The zero-order chi connectivity index (χ0) is 15.8. The minimum absolute atomic E-state index is 0.181. The fourth-order valence-electron chi connectivity index (χ4n) is 3.76. The quantitative estimate of drug-likeness (QED) is 0.853. The van der Waals surface area contributed by atoms with Gasteiger partial charge in [-0.3, -0.25) is 0 Å². The molecular formula is C18H21FN4. The number of likely N-dealkylation sites (N-methyl/N-ethyl adjacent to an activating group) is 1. The summed E-state index contributed by atoms with van der Waals surface area (Å²) in [5.74, 6) is 0.882. The standard InChI is InChI=1S/C18H21FN4/c1-22-10-8-16-15(11-22)18(21-12-20-16)23-9-2-3-17(23)13-4-6-14(19)7-5-13/h4-7,12,17H,2-3,8-11H2,1H3/t17-/m1/s1. The van der Waals surface area contributed by atoms with E-state index in [-0.39, 0.29) is 11.9 Å². The molecule has 4 nitrogen and oxygen atoms in total. The molecular weight excluding hydrogens is 291 g/mol. The number of halogens is 1. The molecule has 0 aliphatic carbocycles. The second-order valence-corrected chi connectivity index (χ2v) is 6.51. The van der Waals surface area contributed by atoms with Crippen molar-refractivity contribution in [1.82, 2.24) is 14.9 Å². The highest BCUT2D eigenvalue weighted by atomic mass is 19.1. The fraction of sp³-hybridized carbons (Fsp3) is 0.444. The van der Waals surface area contributed by atoms with Crippen molar-refractivity contribution in [1.29, 1.82) is 0 Å². The van der Waals surface area contributed by atoms with Crippen molar-refractivity contribution in [3.8, 4) is 0 Å². The molecule has 120 valence electrons. The molecule has 0 bridgehead atoms. The molecule has 1 fully saturated rings. The van der Waals surface area contributed by atoms with E-state index in [1.54, 1.807) is 18.5 Å². The Balaban J connectivity index is 1.71. The molecule has 0 amide bonds. The number of rotatable bonds is 2. The van der Waals surface area contributed by atoms with Gasteiger partial charge in [-0.05, 0) is 37.6 Å². The normalized spacial score (nSPS) is 21.5. The van der Waals surface area contributed by atoms with Gasteiger partial charge in [0.25, 0.3) is 0 Å². The monoisotopic (exact) mass is 312 g/mol. The summed E-state index contributed by atoms with van der Waals surface area (Å²) < 4.78 is 13.2. The summed E-state index contributed by atoms with van der Waals surface area (Å²) in [5.41, 5.74) is 3.61. The van der Waals surface area contributed by atoms with Crippen LogP contribution in [0.3, 0.4) is 0 Å². The van der Waals surface area contributed by atoms with Crippen molar-refractivity contribution in [2.75, 3.05) is 25.0 Å². The first-order chi connectivity index (χ1) is 11.2. The maximum Gasteiger partial charge on any atom is 0.137 e. The van der Waals surface area contributed by atoms with Gasteiger partial charge >= 0.3 is 0 Å². The highest BCUT2D eigenvalue weighted by Crippen LogP contribution is 2.38. The van der Waals surface area contributed by atoms with E-state index in [1.165, 1.54) is 16.8 Å². The van der Waals surface area contributed by atoms with Crippen LogP contribution in [0.1, 0.15) is 35.7 Å². The Bertz CT molecular complexity index is 701. The largest absolute Gasteiger partial charge is 0.349 e. The first kappa shape index (κ1) is 14.6. The Morgan fingerprint density at radius 1 is 1.13 bits per heavy atom. The molecule has 4 rings (SSSR count). The molecule has 5 heteroatoms. The van der Waals surface area contributed by atoms with Gasteiger partial charge < -0.3 is 9.80 Å². The average Bonchev–Trinajstić information content (AvgIpc) is 3.04. The van der Waals surface area contributed by atoms with Crippen molar-refractivity contribution in [3.63, 3.8) is 0 Å². The summed E-state index contributed by atoms with van der Waals surface area (Å²) in [6.07, 6.45) is 4.90. The second-order valence-electron chi connectivity index (χ2n) is 6.51. The van der Waals surface area contributed by atoms with Crippen LogP contribution in [0.25, 0.3) is 0 Å². The van der Waals surface area contributed by atoms with E-state index in [4.69, 9.17) is 0 Å². The number of hydrogen-bond donors (Lipinski definition) is 0. The summed E-state index contributed by atoms with van der Waals surface area (Å²) in [5, 5.41) is 0. The minimum Gasteiger partial charge on any atom is -0.349 e. The van der Waals surface area contributed by atoms with E-state index in [0.717, 1.165) is 44.7 Å². The number of anilines is 1. The van der Waals surface area contributed by atoms with Gasteiger partial charge in [0.2, 0.25) is 0 Å². The third kappa shape index (κ3) is 2.70. The molecule has 23 heavy (non-hydrogen) atoms. The maximum absolute atomic E-state index is 13.2. The van der Waals surface area contributed by atoms with E-state index in [2.05, 4.69) is 26.8 Å². The fourth-order valence-corrected chi connectivity index (χ4v) is 3.76. The molecule has 1 atom stereocenters. The topological polar surface area (TPSA) is 32.3 Å². The van der Waals surface area contributed by atoms with Crippen molar-refractivity contribution in [2.45, 2.75) is 31.8 Å². The van der Waals surface area contributed by atoms with Gasteiger partial charge in [-0.2, -0.15) is 0 Å². The summed E-state index contributed by atoms with van der Waals surface area (Å²) in [6, 6.07) is 7.18. The molecule has 3 heterocycles. The molecule has 1 saturated heterocycles. The van der Waals surface area contributed by atoms with E-state index < -0.39 is 0 Å². The third-order valence-electron chi connectivity index (χ3n) is 4.95. The zero-order valence-electron chi connectivity index (χ0n) is 13.4. The SMILES string of the molecule is CN1CCc2ncnc(N3CCC[C@@H]3c3ccc(F)cc3)c2C1. The van der Waals surface area contributed by atoms with E-state index in [1.807, 2.05) is 12.1 Å². The van der Waals surface area contributed by atoms with Crippen molar-refractivity contribution >= 4 is 5.82 Å². The molecule has 0 saturated carbocycles. The first-order valence-electron chi connectivity index (χ1n) is 8.26. The van der Waals surface area contributed by atoms with Crippen LogP contribution in [0.5, 0.6) is 0 Å².